The maximum atomic E-state index is 12.1. The van der Waals surface area contributed by atoms with Crippen LogP contribution in [0.5, 0.6) is 11.8 Å². The number of morpholine rings is 1. The lowest BCUT2D eigenvalue weighted by atomic mass is 10.0. The molecule has 1 saturated heterocycles. The lowest BCUT2D eigenvalue weighted by molar-refractivity contribution is -0.0323. The maximum Gasteiger partial charge on any atom is 0.321 e. The van der Waals surface area contributed by atoms with Gasteiger partial charge in [0, 0.05) is 42.3 Å². The van der Waals surface area contributed by atoms with Gasteiger partial charge in [-0.05, 0) is 35.2 Å². The summed E-state index contributed by atoms with van der Waals surface area (Å²) >= 11 is 1.43. The fraction of sp³-hybridized carbons (Fsp3) is 0.208. The number of nitrogens with two attached hydrogens (primary N) is 1. The van der Waals surface area contributed by atoms with Gasteiger partial charge in [-0.2, -0.15) is 0 Å². The average Bonchev–Trinajstić information content (AvgIpc) is 3.20. The van der Waals surface area contributed by atoms with E-state index in [2.05, 4.69) is 20.9 Å². The minimum absolute atomic E-state index is 0.209. The number of fused-ring (bicyclic) bond motifs is 1. The van der Waals surface area contributed by atoms with Gasteiger partial charge in [0.25, 0.3) is 5.91 Å². The number of primary amides is 1. The van der Waals surface area contributed by atoms with Crippen LogP contribution in [0.25, 0.3) is 10.1 Å². The van der Waals surface area contributed by atoms with Crippen molar-refractivity contribution in [3.8, 4) is 11.8 Å². The zero-order valence-corrected chi connectivity index (χ0v) is 18.1. The highest BCUT2D eigenvalue weighted by atomic mass is 32.1. The third-order valence-corrected chi connectivity index (χ3v) is 6.59. The topological polar surface area (TPSA) is 90.6 Å². The van der Waals surface area contributed by atoms with Crippen molar-refractivity contribution in [2.45, 2.75) is 12.6 Å². The largest absolute Gasteiger partial charge is 0.424 e. The average molecular weight is 447 g/mol. The molecule has 1 aliphatic rings. The summed E-state index contributed by atoms with van der Waals surface area (Å²) in [5, 5.41) is 1.04. The number of amides is 1. The minimum atomic E-state index is -0.407. The number of rotatable bonds is 6. The van der Waals surface area contributed by atoms with Gasteiger partial charge in [-0.3, -0.25) is 9.69 Å². The highest BCUT2D eigenvalue weighted by molar-refractivity contribution is 7.21. The van der Waals surface area contributed by atoms with Gasteiger partial charge >= 0.3 is 6.01 Å². The second kappa shape index (κ2) is 9.04. The molecule has 32 heavy (non-hydrogen) atoms. The molecular weight excluding hydrogens is 424 g/mol. The van der Waals surface area contributed by atoms with E-state index in [9.17, 15) is 4.79 Å². The fourth-order valence-electron chi connectivity index (χ4n) is 4.00. The number of thiophene rings is 1. The van der Waals surface area contributed by atoms with Gasteiger partial charge in [0.2, 0.25) is 0 Å². The lowest BCUT2D eigenvalue weighted by Crippen LogP contribution is -2.38. The van der Waals surface area contributed by atoms with Crippen molar-refractivity contribution < 1.29 is 14.3 Å². The van der Waals surface area contributed by atoms with Crippen LogP contribution in [0, 0.1) is 0 Å². The zero-order valence-electron chi connectivity index (χ0n) is 17.3. The minimum Gasteiger partial charge on any atom is -0.424 e. The Morgan fingerprint density at radius 2 is 2.00 bits per heavy atom. The first-order chi connectivity index (χ1) is 15.7. The monoisotopic (exact) mass is 446 g/mol. The number of carbonyl (C=O) groups is 1. The molecule has 7 nitrogen and oxygen atoms in total. The number of benzene rings is 2. The first kappa shape index (κ1) is 20.6. The second-order valence-corrected chi connectivity index (χ2v) is 8.63. The van der Waals surface area contributed by atoms with Gasteiger partial charge in [0.1, 0.15) is 5.75 Å². The number of nitrogens with zero attached hydrogens (tertiary/aromatic N) is 3. The molecule has 0 radical (unpaired) electrons. The molecule has 2 N–H and O–H groups in total. The van der Waals surface area contributed by atoms with E-state index in [1.807, 2.05) is 42.5 Å². The fourth-order valence-corrected chi connectivity index (χ4v) is 5.10. The van der Waals surface area contributed by atoms with Gasteiger partial charge in [-0.1, -0.05) is 30.3 Å². The zero-order chi connectivity index (χ0) is 21.9. The van der Waals surface area contributed by atoms with E-state index in [-0.39, 0.29) is 6.10 Å². The van der Waals surface area contributed by atoms with Crippen molar-refractivity contribution in [3.63, 3.8) is 0 Å². The molecule has 0 spiro atoms. The first-order valence-electron chi connectivity index (χ1n) is 10.4. The van der Waals surface area contributed by atoms with Gasteiger partial charge in [-0.15, -0.1) is 11.3 Å². The van der Waals surface area contributed by atoms with E-state index >= 15 is 0 Å². The van der Waals surface area contributed by atoms with Crippen molar-refractivity contribution in [3.05, 3.63) is 83.0 Å². The molecule has 1 atom stereocenters. The molecule has 2 aromatic carbocycles. The predicted octanol–water partition coefficient (Wildman–Crippen LogP) is 4.16. The van der Waals surface area contributed by atoms with Crippen molar-refractivity contribution >= 4 is 27.3 Å². The Morgan fingerprint density at radius 3 is 2.84 bits per heavy atom. The summed E-state index contributed by atoms with van der Waals surface area (Å²) in [6.07, 6.45) is 3.09. The van der Waals surface area contributed by atoms with Crippen molar-refractivity contribution in [1.29, 1.82) is 0 Å². The number of hydrogen-bond acceptors (Lipinski definition) is 7. The van der Waals surface area contributed by atoms with Gasteiger partial charge in [0.05, 0.1) is 17.6 Å². The number of ether oxygens (including phenoxy) is 2. The van der Waals surface area contributed by atoms with Crippen LogP contribution in [-0.4, -0.2) is 40.5 Å². The summed E-state index contributed by atoms with van der Waals surface area (Å²) in [6.45, 7) is 2.80. The lowest BCUT2D eigenvalue weighted by Gasteiger charge is -2.33. The maximum absolute atomic E-state index is 12.1. The molecule has 5 rings (SSSR count). The van der Waals surface area contributed by atoms with E-state index in [0.717, 1.165) is 34.3 Å². The Bertz CT molecular complexity index is 1240. The van der Waals surface area contributed by atoms with Gasteiger partial charge in [0.15, 0.2) is 0 Å². The molecule has 0 aliphatic carbocycles. The van der Waals surface area contributed by atoms with E-state index in [1.54, 1.807) is 18.5 Å². The standard InChI is InChI=1S/C24H22N4O3S/c25-23(29)22-21(18-7-1-2-8-20(18)32-22)19-15-28(11-12-30-19)14-16-5-3-6-17(13-16)31-24-26-9-4-10-27-24/h1-10,13,19H,11-12,14-15H2,(H2,25,29). The molecular formula is C24H22N4O3S. The molecule has 162 valence electrons. The SMILES string of the molecule is NC(=O)c1sc2ccccc2c1C1CN(Cc2cccc(Oc3ncccn3)c2)CCO1. The summed E-state index contributed by atoms with van der Waals surface area (Å²) in [5.41, 5.74) is 7.72. The molecule has 0 saturated carbocycles. The van der Waals surface area contributed by atoms with Gasteiger partial charge in [-0.25, -0.2) is 9.97 Å². The molecule has 8 heteroatoms. The predicted molar refractivity (Wildman–Crippen MR) is 123 cm³/mol. The third-order valence-electron chi connectivity index (χ3n) is 5.39. The summed E-state index contributed by atoms with van der Waals surface area (Å²) in [5.74, 6) is 0.285. The van der Waals surface area contributed by atoms with Crippen LogP contribution in [0.1, 0.15) is 26.9 Å². The van der Waals surface area contributed by atoms with Crippen LogP contribution in [0.3, 0.4) is 0 Å². The van der Waals surface area contributed by atoms with Gasteiger partial charge < -0.3 is 15.2 Å². The molecule has 1 aliphatic heterocycles. The van der Waals surface area contributed by atoms with Crippen LogP contribution >= 0.6 is 11.3 Å². The number of hydrogen-bond donors (Lipinski definition) is 1. The quantitative estimate of drug-likeness (QED) is 0.478. The summed E-state index contributed by atoms with van der Waals surface area (Å²) in [6, 6.07) is 18.0. The second-order valence-electron chi connectivity index (χ2n) is 7.58. The molecule has 0 bridgehead atoms. The first-order valence-corrected chi connectivity index (χ1v) is 11.2. The summed E-state index contributed by atoms with van der Waals surface area (Å²) in [7, 11) is 0. The molecule has 1 unspecified atom stereocenters. The number of carbonyl (C=O) groups excluding carboxylic acids is 1. The van der Waals surface area contributed by atoms with E-state index < -0.39 is 5.91 Å². The Hall–Kier alpha value is -3.33. The van der Waals surface area contributed by atoms with Crippen LogP contribution in [0.15, 0.2) is 67.0 Å². The van der Waals surface area contributed by atoms with Crippen molar-refractivity contribution in [1.82, 2.24) is 14.9 Å². The molecule has 2 aromatic heterocycles. The van der Waals surface area contributed by atoms with Crippen molar-refractivity contribution in [2.75, 3.05) is 19.7 Å². The molecule has 1 fully saturated rings. The van der Waals surface area contributed by atoms with Crippen molar-refractivity contribution in [2.24, 2.45) is 5.73 Å². The van der Waals surface area contributed by atoms with E-state index in [0.29, 0.717) is 29.8 Å². The van der Waals surface area contributed by atoms with E-state index in [1.165, 1.54) is 11.3 Å². The smallest absolute Gasteiger partial charge is 0.321 e. The van der Waals surface area contributed by atoms with Crippen LogP contribution in [0.4, 0.5) is 0 Å². The van der Waals surface area contributed by atoms with Crippen LogP contribution in [0.2, 0.25) is 0 Å². The third kappa shape index (κ3) is 4.34. The summed E-state index contributed by atoms with van der Waals surface area (Å²) < 4.78 is 12.9. The molecule has 3 heterocycles. The Kier molecular flexibility index (Phi) is 5.81. The highest BCUT2D eigenvalue weighted by Gasteiger charge is 2.29. The van der Waals surface area contributed by atoms with Crippen LogP contribution < -0.4 is 10.5 Å². The normalized spacial score (nSPS) is 16.8. The summed E-state index contributed by atoms with van der Waals surface area (Å²) in [4.78, 5) is 23.3. The molecule has 1 amide bonds. The Balaban J connectivity index is 1.35. The van der Waals surface area contributed by atoms with E-state index in [4.69, 9.17) is 15.2 Å². The highest BCUT2D eigenvalue weighted by Crippen LogP contribution is 2.38. The molecule has 4 aromatic rings. The Labute approximate surface area is 189 Å². The number of aromatic nitrogens is 2. The van der Waals surface area contributed by atoms with Crippen LogP contribution in [-0.2, 0) is 11.3 Å². The Morgan fingerprint density at radius 1 is 1.16 bits per heavy atom.